The quantitative estimate of drug-likeness (QED) is 0.579. The van der Waals surface area contributed by atoms with Gasteiger partial charge in [-0.1, -0.05) is 6.07 Å². The number of anilines is 1. The van der Waals surface area contributed by atoms with E-state index >= 15 is 0 Å². The third-order valence-electron chi connectivity index (χ3n) is 2.46. The SMILES string of the molecule is CN(C)c1cccc(OC2CC2)c1[N+](=O)[O-]. The van der Waals surface area contributed by atoms with Crippen molar-refractivity contribution in [2.24, 2.45) is 0 Å². The normalized spacial score (nSPS) is 14.6. The molecule has 0 radical (unpaired) electrons. The van der Waals surface area contributed by atoms with Gasteiger partial charge in [0.1, 0.15) is 5.69 Å². The van der Waals surface area contributed by atoms with Crippen molar-refractivity contribution in [1.82, 2.24) is 0 Å². The van der Waals surface area contributed by atoms with Crippen molar-refractivity contribution in [1.29, 1.82) is 0 Å². The molecule has 0 amide bonds. The summed E-state index contributed by atoms with van der Waals surface area (Å²) in [7, 11) is 3.56. The first-order valence-corrected chi connectivity index (χ1v) is 5.21. The van der Waals surface area contributed by atoms with Crippen molar-refractivity contribution in [3.05, 3.63) is 28.3 Å². The number of hydrogen-bond donors (Lipinski definition) is 0. The first-order valence-electron chi connectivity index (χ1n) is 5.21. The summed E-state index contributed by atoms with van der Waals surface area (Å²) in [5.74, 6) is 0.374. The Morgan fingerprint density at radius 2 is 2.12 bits per heavy atom. The van der Waals surface area contributed by atoms with Crippen LogP contribution in [0.1, 0.15) is 12.8 Å². The highest BCUT2D eigenvalue weighted by Gasteiger charge is 2.29. The van der Waals surface area contributed by atoms with Crippen LogP contribution in [0.3, 0.4) is 0 Å². The molecule has 86 valence electrons. The fourth-order valence-corrected chi connectivity index (χ4v) is 1.52. The van der Waals surface area contributed by atoms with Gasteiger partial charge in [0.25, 0.3) is 0 Å². The molecule has 1 aromatic rings. The molecular weight excluding hydrogens is 208 g/mol. The Morgan fingerprint density at radius 3 is 2.62 bits per heavy atom. The Hall–Kier alpha value is -1.78. The zero-order chi connectivity index (χ0) is 11.7. The second-order valence-electron chi connectivity index (χ2n) is 4.09. The lowest BCUT2D eigenvalue weighted by molar-refractivity contribution is -0.385. The number of hydrogen-bond acceptors (Lipinski definition) is 4. The van der Waals surface area contributed by atoms with E-state index in [4.69, 9.17) is 4.74 Å². The van der Waals surface area contributed by atoms with Gasteiger partial charge in [0.15, 0.2) is 5.75 Å². The van der Waals surface area contributed by atoms with Crippen molar-refractivity contribution in [3.63, 3.8) is 0 Å². The van der Waals surface area contributed by atoms with Crippen LogP contribution in [0.5, 0.6) is 5.75 Å². The number of nitrogens with zero attached hydrogens (tertiary/aromatic N) is 2. The molecule has 0 atom stereocenters. The fraction of sp³-hybridized carbons (Fsp3) is 0.455. The lowest BCUT2D eigenvalue weighted by Crippen LogP contribution is -2.12. The molecule has 1 aliphatic rings. The van der Waals surface area contributed by atoms with Crippen molar-refractivity contribution in [3.8, 4) is 5.75 Å². The van der Waals surface area contributed by atoms with Crippen LogP contribution in [-0.2, 0) is 0 Å². The zero-order valence-corrected chi connectivity index (χ0v) is 9.34. The van der Waals surface area contributed by atoms with Crippen molar-refractivity contribution in [2.75, 3.05) is 19.0 Å². The Kier molecular flexibility index (Phi) is 2.68. The van der Waals surface area contributed by atoms with E-state index in [0.29, 0.717) is 11.4 Å². The summed E-state index contributed by atoms with van der Waals surface area (Å²) in [6.45, 7) is 0. The van der Waals surface area contributed by atoms with Gasteiger partial charge in [-0.3, -0.25) is 10.1 Å². The van der Waals surface area contributed by atoms with Gasteiger partial charge in [0.2, 0.25) is 0 Å². The highest BCUT2D eigenvalue weighted by Crippen LogP contribution is 2.39. The number of ether oxygens (including phenoxy) is 1. The summed E-state index contributed by atoms with van der Waals surface area (Å²) >= 11 is 0. The van der Waals surface area contributed by atoms with Crippen LogP contribution in [0.2, 0.25) is 0 Å². The lowest BCUT2D eigenvalue weighted by Gasteiger charge is -2.14. The van der Waals surface area contributed by atoms with Crippen molar-refractivity contribution in [2.45, 2.75) is 18.9 Å². The zero-order valence-electron chi connectivity index (χ0n) is 9.34. The van der Waals surface area contributed by atoms with Gasteiger partial charge >= 0.3 is 5.69 Å². The number of benzene rings is 1. The molecule has 5 nitrogen and oxygen atoms in total. The van der Waals surface area contributed by atoms with Crippen LogP contribution in [-0.4, -0.2) is 25.1 Å². The maximum Gasteiger partial charge on any atom is 0.333 e. The third-order valence-corrected chi connectivity index (χ3v) is 2.46. The van der Waals surface area contributed by atoms with Gasteiger partial charge in [-0.2, -0.15) is 0 Å². The minimum Gasteiger partial charge on any atom is -0.483 e. The van der Waals surface area contributed by atoms with Crippen molar-refractivity contribution >= 4 is 11.4 Å². The van der Waals surface area contributed by atoms with E-state index in [1.807, 2.05) is 0 Å². The van der Waals surface area contributed by atoms with E-state index < -0.39 is 0 Å². The van der Waals surface area contributed by atoms with Gasteiger partial charge in [-0.15, -0.1) is 0 Å². The maximum atomic E-state index is 11.0. The molecule has 0 aromatic heterocycles. The summed E-state index contributed by atoms with van der Waals surface area (Å²) in [5, 5.41) is 11.0. The maximum absolute atomic E-state index is 11.0. The van der Waals surface area contributed by atoms with Crippen molar-refractivity contribution < 1.29 is 9.66 Å². The Balaban J connectivity index is 2.41. The molecular formula is C11H14N2O3. The molecule has 0 spiro atoms. The number of rotatable bonds is 4. The van der Waals surface area contributed by atoms with Gasteiger partial charge in [-0.25, -0.2) is 0 Å². The molecule has 0 bridgehead atoms. The average molecular weight is 222 g/mol. The minimum absolute atomic E-state index is 0.0550. The van der Waals surface area contributed by atoms with E-state index in [0.717, 1.165) is 12.8 Å². The second kappa shape index (κ2) is 4.00. The Labute approximate surface area is 93.8 Å². The fourth-order valence-electron chi connectivity index (χ4n) is 1.52. The molecule has 0 unspecified atom stereocenters. The highest BCUT2D eigenvalue weighted by atomic mass is 16.6. The van der Waals surface area contributed by atoms with Crippen LogP contribution in [0.15, 0.2) is 18.2 Å². The van der Waals surface area contributed by atoms with Gasteiger partial charge in [0.05, 0.1) is 11.0 Å². The smallest absolute Gasteiger partial charge is 0.333 e. The molecule has 16 heavy (non-hydrogen) atoms. The Bertz CT molecular complexity index is 414. The minimum atomic E-state index is -0.382. The van der Waals surface area contributed by atoms with E-state index in [-0.39, 0.29) is 16.7 Å². The Morgan fingerprint density at radius 1 is 1.44 bits per heavy atom. The largest absolute Gasteiger partial charge is 0.483 e. The van der Waals surface area contributed by atoms with E-state index in [2.05, 4.69) is 0 Å². The van der Waals surface area contributed by atoms with E-state index in [9.17, 15) is 10.1 Å². The monoisotopic (exact) mass is 222 g/mol. The molecule has 1 aromatic carbocycles. The first-order chi connectivity index (χ1) is 7.59. The number of nitro groups is 1. The van der Waals surface area contributed by atoms with E-state index in [1.165, 1.54) is 0 Å². The van der Waals surface area contributed by atoms with Gasteiger partial charge in [-0.05, 0) is 25.0 Å². The predicted molar refractivity (Wildman–Crippen MR) is 61.1 cm³/mol. The molecule has 0 saturated heterocycles. The molecule has 0 heterocycles. The summed E-state index contributed by atoms with van der Waals surface area (Å²) in [6.07, 6.45) is 2.14. The lowest BCUT2D eigenvalue weighted by atomic mass is 10.2. The van der Waals surface area contributed by atoms with Gasteiger partial charge in [0, 0.05) is 14.1 Å². The summed E-state index contributed by atoms with van der Waals surface area (Å²) < 4.78 is 5.54. The average Bonchev–Trinajstić information content (AvgIpc) is 3.00. The molecule has 0 N–H and O–H groups in total. The third kappa shape index (κ3) is 2.08. The molecule has 1 fully saturated rings. The summed E-state index contributed by atoms with van der Waals surface area (Å²) in [6, 6.07) is 5.15. The summed E-state index contributed by atoms with van der Waals surface area (Å²) in [5.41, 5.74) is 0.627. The number of para-hydroxylation sites is 1. The standard InChI is InChI=1S/C11H14N2O3/c1-12(2)9-4-3-5-10(11(9)13(14)15)16-8-6-7-8/h3-5,8H,6-7H2,1-2H3. The highest BCUT2D eigenvalue weighted by molar-refractivity contribution is 5.69. The molecule has 5 heteroatoms. The van der Waals surface area contributed by atoms with Crippen LogP contribution >= 0.6 is 0 Å². The molecule has 2 rings (SSSR count). The van der Waals surface area contributed by atoms with Crippen LogP contribution < -0.4 is 9.64 Å². The summed E-state index contributed by atoms with van der Waals surface area (Å²) in [4.78, 5) is 12.4. The van der Waals surface area contributed by atoms with Crippen LogP contribution in [0.4, 0.5) is 11.4 Å². The molecule has 1 saturated carbocycles. The predicted octanol–water partition coefficient (Wildman–Crippen LogP) is 2.20. The van der Waals surface area contributed by atoms with Crippen LogP contribution in [0.25, 0.3) is 0 Å². The second-order valence-corrected chi connectivity index (χ2v) is 4.09. The van der Waals surface area contributed by atoms with Crippen LogP contribution in [0, 0.1) is 10.1 Å². The molecule has 0 aliphatic heterocycles. The number of nitro benzene ring substituents is 1. The van der Waals surface area contributed by atoms with E-state index in [1.54, 1.807) is 37.2 Å². The topological polar surface area (TPSA) is 55.6 Å². The van der Waals surface area contributed by atoms with Gasteiger partial charge < -0.3 is 9.64 Å². The molecule has 1 aliphatic carbocycles. The first kappa shape index (κ1) is 10.7.